The van der Waals surface area contributed by atoms with E-state index in [2.05, 4.69) is 46.6 Å². The van der Waals surface area contributed by atoms with E-state index in [4.69, 9.17) is 4.98 Å². The molecule has 152 valence electrons. The van der Waals surface area contributed by atoms with Gasteiger partial charge in [0.1, 0.15) is 0 Å². The van der Waals surface area contributed by atoms with E-state index in [1.165, 1.54) is 31.5 Å². The van der Waals surface area contributed by atoms with E-state index < -0.39 is 0 Å². The van der Waals surface area contributed by atoms with E-state index in [-0.39, 0.29) is 0 Å². The first-order valence-electron chi connectivity index (χ1n) is 10.8. The van der Waals surface area contributed by atoms with E-state index in [0.29, 0.717) is 5.56 Å². The van der Waals surface area contributed by atoms with E-state index in [0.717, 1.165) is 40.1 Å². The van der Waals surface area contributed by atoms with Crippen LogP contribution in [-0.4, -0.2) is 23.0 Å². The van der Waals surface area contributed by atoms with Crippen LogP contribution in [0, 0.1) is 11.3 Å². The maximum atomic E-state index is 9.55. The maximum absolute atomic E-state index is 9.55. The van der Waals surface area contributed by atoms with Crippen LogP contribution in [0.25, 0.3) is 22.2 Å². The zero-order valence-corrected chi connectivity index (χ0v) is 17.4. The second-order valence-electron chi connectivity index (χ2n) is 8.04. The predicted octanol–water partition coefficient (Wildman–Crippen LogP) is 6.11. The number of anilines is 2. The van der Waals surface area contributed by atoms with Crippen molar-refractivity contribution in [3.8, 4) is 17.3 Å². The molecule has 0 bridgehead atoms. The van der Waals surface area contributed by atoms with Crippen molar-refractivity contribution in [2.75, 3.05) is 18.4 Å². The van der Waals surface area contributed by atoms with E-state index >= 15 is 0 Å². The highest BCUT2D eigenvalue weighted by Gasteiger charge is 2.13. The smallest absolute Gasteiger partial charge is 0.0998 e. The van der Waals surface area contributed by atoms with Crippen LogP contribution in [0.3, 0.4) is 0 Å². The number of rotatable bonds is 5. The summed E-state index contributed by atoms with van der Waals surface area (Å²) in [6, 6.07) is 28.7. The Morgan fingerprint density at radius 3 is 2.58 bits per heavy atom. The predicted molar refractivity (Wildman–Crippen MR) is 126 cm³/mol. The van der Waals surface area contributed by atoms with Gasteiger partial charge in [0.05, 0.1) is 28.5 Å². The molecule has 0 radical (unpaired) electrons. The van der Waals surface area contributed by atoms with Crippen LogP contribution in [0.4, 0.5) is 11.4 Å². The maximum Gasteiger partial charge on any atom is 0.0998 e. The number of nitriles is 1. The molecule has 1 aliphatic rings. The van der Waals surface area contributed by atoms with Crippen LogP contribution >= 0.6 is 0 Å². The molecule has 2 heterocycles. The highest BCUT2D eigenvalue weighted by atomic mass is 15.1. The van der Waals surface area contributed by atoms with Gasteiger partial charge in [0.25, 0.3) is 0 Å². The van der Waals surface area contributed by atoms with Gasteiger partial charge in [-0.25, -0.2) is 4.98 Å². The Morgan fingerprint density at radius 2 is 1.71 bits per heavy atom. The number of benzene rings is 3. The number of hydrogen-bond acceptors (Lipinski definition) is 4. The highest BCUT2D eigenvalue weighted by Crippen LogP contribution is 2.32. The third-order valence-electron chi connectivity index (χ3n) is 5.85. The molecule has 3 aromatic carbocycles. The first kappa shape index (κ1) is 19.3. The third-order valence-corrected chi connectivity index (χ3v) is 5.85. The molecule has 0 aliphatic carbocycles. The van der Waals surface area contributed by atoms with Crippen LogP contribution in [0.1, 0.15) is 24.0 Å². The molecule has 0 atom stereocenters. The van der Waals surface area contributed by atoms with Gasteiger partial charge in [-0.2, -0.15) is 5.26 Å². The van der Waals surface area contributed by atoms with Gasteiger partial charge in [0, 0.05) is 23.2 Å². The van der Waals surface area contributed by atoms with Crippen LogP contribution in [0.15, 0.2) is 78.9 Å². The fraction of sp³-hybridized carbons (Fsp3) is 0.185. The van der Waals surface area contributed by atoms with Crippen molar-refractivity contribution < 1.29 is 0 Å². The zero-order valence-electron chi connectivity index (χ0n) is 17.4. The second kappa shape index (κ2) is 8.59. The fourth-order valence-electron chi connectivity index (χ4n) is 4.32. The van der Waals surface area contributed by atoms with Crippen molar-refractivity contribution in [3.05, 3.63) is 90.0 Å². The van der Waals surface area contributed by atoms with Crippen molar-refractivity contribution in [2.45, 2.75) is 19.4 Å². The third kappa shape index (κ3) is 4.14. The van der Waals surface area contributed by atoms with Crippen LogP contribution in [0.5, 0.6) is 0 Å². The summed E-state index contributed by atoms with van der Waals surface area (Å²) in [6.07, 6.45) is 2.60. The van der Waals surface area contributed by atoms with Crippen molar-refractivity contribution in [1.29, 1.82) is 5.26 Å². The van der Waals surface area contributed by atoms with E-state index in [1.807, 2.05) is 48.5 Å². The standard InChI is InChI=1S/C27H24N4/c28-18-21-9-1-2-11-23(21)26-17-27(24-12-3-4-13-25(24)30-26)29-22-10-7-8-20(16-22)19-31-14-5-6-15-31/h1-4,7-13,16-17H,5-6,14-15,19H2,(H,29,30). The molecule has 1 aliphatic heterocycles. The Bertz CT molecular complexity index is 1270. The SMILES string of the molecule is N#Cc1ccccc1-c1cc(Nc2cccc(CN3CCCC3)c2)c2ccccc2n1. The van der Waals surface area contributed by atoms with Crippen molar-refractivity contribution in [3.63, 3.8) is 0 Å². The Morgan fingerprint density at radius 1 is 0.903 bits per heavy atom. The highest BCUT2D eigenvalue weighted by molar-refractivity contribution is 5.95. The number of nitrogens with zero attached hydrogens (tertiary/aromatic N) is 3. The Hall–Kier alpha value is -3.68. The number of nitrogens with one attached hydrogen (secondary N) is 1. The molecule has 5 rings (SSSR count). The van der Waals surface area contributed by atoms with Gasteiger partial charge in [-0.1, -0.05) is 48.5 Å². The van der Waals surface area contributed by atoms with Crippen LogP contribution in [0.2, 0.25) is 0 Å². The zero-order chi connectivity index (χ0) is 21.0. The monoisotopic (exact) mass is 404 g/mol. The second-order valence-corrected chi connectivity index (χ2v) is 8.04. The largest absolute Gasteiger partial charge is 0.355 e. The Labute approximate surface area is 182 Å². The number of pyridine rings is 1. The lowest BCUT2D eigenvalue weighted by Gasteiger charge is -2.16. The lowest BCUT2D eigenvalue weighted by atomic mass is 10.0. The molecule has 0 saturated carbocycles. The van der Waals surface area contributed by atoms with Gasteiger partial charge in [-0.15, -0.1) is 0 Å². The molecular formula is C27H24N4. The molecular weight excluding hydrogens is 380 g/mol. The first-order chi connectivity index (χ1) is 15.3. The quantitative estimate of drug-likeness (QED) is 0.436. The summed E-state index contributed by atoms with van der Waals surface area (Å²) < 4.78 is 0. The molecule has 1 aromatic heterocycles. The lowest BCUT2D eigenvalue weighted by molar-refractivity contribution is 0.331. The topological polar surface area (TPSA) is 52.0 Å². The molecule has 31 heavy (non-hydrogen) atoms. The van der Waals surface area contributed by atoms with Gasteiger partial charge in [-0.05, 0) is 61.8 Å². The number of hydrogen-bond donors (Lipinski definition) is 1. The number of para-hydroxylation sites is 1. The number of fused-ring (bicyclic) bond motifs is 1. The first-order valence-corrected chi connectivity index (χ1v) is 10.8. The van der Waals surface area contributed by atoms with Crippen LogP contribution in [-0.2, 0) is 6.54 Å². The summed E-state index contributed by atoms with van der Waals surface area (Å²) in [4.78, 5) is 7.36. The van der Waals surface area contributed by atoms with Crippen molar-refractivity contribution in [2.24, 2.45) is 0 Å². The normalized spacial score (nSPS) is 13.9. The summed E-state index contributed by atoms with van der Waals surface area (Å²) in [7, 11) is 0. The van der Waals surface area contributed by atoms with E-state index in [1.54, 1.807) is 0 Å². The minimum atomic E-state index is 0.629. The number of likely N-dealkylation sites (tertiary alicyclic amines) is 1. The molecule has 0 unspecified atom stereocenters. The summed E-state index contributed by atoms with van der Waals surface area (Å²) in [6.45, 7) is 3.37. The number of aromatic nitrogens is 1. The molecule has 4 nitrogen and oxygen atoms in total. The molecule has 1 fully saturated rings. The lowest BCUT2D eigenvalue weighted by Crippen LogP contribution is -2.18. The van der Waals surface area contributed by atoms with Crippen molar-refractivity contribution in [1.82, 2.24) is 9.88 Å². The summed E-state index contributed by atoms with van der Waals surface area (Å²) in [5.74, 6) is 0. The fourth-order valence-corrected chi connectivity index (χ4v) is 4.32. The minimum Gasteiger partial charge on any atom is -0.355 e. The van der Waals surface area contributed by atoms with Crippen molar-refractivity contribution >= 4 is 22.3 Å². The molecule has 0 spiro atoms. The summed E-state index contributed by atoms with van der Waals surface area (Å²) in [5, 5.41) is 14.2. The molecule has 0 amide bonds. The van der Waals surface area contributed by atoms with Crippen LogP contribution < -0.4 is 5.32 Å². The Kier molecular flexibility index (Phi) is 5.35. The molecule has 4 heteroatoms. The summed E-state index contributed by atoms with van der Waals surface area (Å²) in [5.41, 5.74) is 6.56. The van der Waals surface area contributed by atoms with Gasteiger partial charge in [0.2, 0.25) is 0 Å². The molecule has 1 saturated heterocycles. The average Bonchev–Trinajstić information content (AvgIpc) is 3.32. The molecule has 4 aromatic rings. The van der Waals surface area contributed by atoms with Gasteiger partial charge in [0.15, 0.2) is 0 Å². The van der Waals surface area contributed by atoms with Gasteiger partial charge in [-0.3, -0.25) is 4.90 Å². The Balaban J connectivity index is 1.53. The van der Waals surface area contributed by atoms with Gasteiger partial charge >= 0.3 is 0 Å². The minimum absolute atomic E-state index is 0.629. The molecule has 1 N–H and O–H groups in total. The van der Waals surface area contributed by atoms with E-state index in [9.17, 15) is 5.26 Å². The average molecular weight is 405 g/mol. The van der Waals surface area contributed by atoms with Gasteiger partial charge < -0.3 is 5.32 Å². The summed E-state index contributed by atoms with van der Waals surface area (Å²) >= 11 is 0.